The maximum Gasteiger partial charge on any atom is 0.141 e. The predicted octanol–water partition coefficient (Wildman–Crippen LogP) is 2.63. The van der Waals surface area contributed by atoms with E-state index in [1.807, 2.05) is 48.5 Å². The van der Waals surface area contributed by atoms with Crippen molar-refractivity contribution in [1.29, 1.82) is 0 Å². The summed E-state index contributed by atoms with van der Waals surface area (Å²) in [5.41, 5.74) is 0.917. The highest BCUT2D eigenvalue weighted by Crippen LogP contribution is 2.19. The Morgan fingerprint density at radius 2 is 1.56 bits per heavy atom. The predicted molar refractivity (Wildman–Crippen MR) is 93.4 cm³/mol. The van der Waals surface area contributed by atoms with Gasteiger partial charge in [-0.15, -0.1) is 10.2 Å². The molecule has 128 valence electrons. The van der Waals surface area contributed by atoms with Crippen LogP contribution in [-0.2, 0) is 0 Å². The summed E-state index contributed by atoms with van der Waals surface area (Å²) in [6, 6.07) is 15.1. The van der Waals surface area contributed by atoms with Crippen molar-refractivity contribution in [3.63, 3.8) is 0 Å². The molecule has 2 aromatic carbocycles. The Balaban J connectivity index is 1.49. The van der Waals surface area contributed by atoms with Gasteiger partial charge in [0.1, 0.15) is 43.1 Å². The van der Waals surface area contributed by atoms with Crippen LogP contribution >= 0.6 is 0 Å². The Hall–Kier alpha value is -3.35. The number of nitrogens with zero attached hydrogens (tertiary/aromatic N) is 4. The summed E-state index contributed by atoms with van der Waals surface area (Å²) < 4.78 is 18.0. The summed E-state index contributed by atoms with van der Waals surface area (Å²) in [4.78, 5) is 0. The molecular weight excluding hydrogens is 320 g/mol. The fraction of sp³-hybridized carbons (Fsp3) is 0.167. The number of rotatable bonds is 8. The zero-order valence-electron chi connectivity index (χ0n) is 13.8. The van der Waals surface area contributed by atoms with Crippen LogP contribution < -0.4 is 14.2 Å². The number of ether oxygens (including phenoxy) is 3. The average molecular weight is 338 g/mol. The first-order valence-corrected chi connectivity index (χ1v) is 7.72. The maximum atomic E-state index is 5.71. The van der Waals surface area contributed by atoms with Crippen LogP contribution in [0.4, 0.5) is 0 Å². The van der Waals surface area contributed by atoms with Crippen molar-refractivity contribution in [3.8, 4) is 17.2 Å². The van der Waals surface area contributed by atoms with E-state index >= 15 is 0 Å². The van der Waals surface area contributed by atoms with E-state index in [9.17, 15) is 0 Å². The molecule has 0 bridgehead atoms. The Morgan fingerprint density at radius 1 is 0.920 bits per heavy atom. The molecule has 7 nitrogen and oxygen atoms in total. The maximum absolute atomic E-state index is 5.71. The van der Waals surface area contributed by atoms with Crippen molar-refractivity contribution in [1.82, 2.24) is 14.9 Å². The highest BCUT2D eigenvalue weighted by atomic mass is 16.5. The molecule has 0 aliphatic carbocycles. The van der Waals surface area contributed by atoms with E-state index in [0.29, 0.717) is 13.2 Å². The van der Waals surface area contributed by atoms with Gasteiger partial charge in [-0.3, -0.25) is 0 Å². The number of benzene rings is 2. The lowest BCUT2D eigenvalue weighted by Gasteiger charge is -2.09. The third kappa shape index (κ3) is 5.07. The van der Waals surface area contributed by atoms with E-state index in [2.05, 4.69) is 15.3 Å². The summed E-state index contributed by atoms with van der Waals surface area (Å²) in [5, 5.41) is 11.6. The molecule has 0 aliphatic heterocycles. The van der Waals surface area contributed by atoms with Crippen LogP contribution in [0, 0.1) is 0 Å². The molecule has 3 rings (SSSR count). The second-order valence-electron chi connectivity index (χ2n) is 5.03. The SMILES string of the molecule is COc1cccc(OCCOc2cccc(/C=N\n3cnnc3)c2)c1. The second-order valence-corrected chi connectivity index (χ2v) is 5.03. The Labute approximate surface area is 145 Å². The van der Waals surface area contributed by atoms with Gasteiger partial charge in [0.05, 0.1) is 13.3 Å². The fourth-order valence-corrected chi connectivity index (χ4v) is 2.08. The third-order valence-corrected chi connectivity index (χ3v) is 3.27. The molecule has 1 heterocycles. The van der Waals surface area contributed by atoms with Gasteiger partial charge in [0.25, 0.3) is 0 Å². The normalized spacial score (nSPS) is 10.8. The van der Waals surface area contributed by atoms with Crippen molar-refractivity contribution < 1.29 is 14.2 Å². The number of hydrogen-bond donors (Lipinski definition) is 0. The molecule has 0 saturated carbocycles. The highest BCUT2D eigenvalue weighted by Gasteiger charge is 1.99. The van der Waals surface area contributed by atoms with Gasteiger partial charge in [-0.05, 0) is 29.8 Å². The number of hydrogen-bond acceptors (Lipinski definition) is 6. The molecule has 1 aromatic heterocycles. The minimum Gasteiger partial charge on any atom is -0.497 e. The van der Waals surface area contributed by atoms with Crippen LogP contribution in [-0.4, -0.2) is 41.4 Å². The van der Waals surface area contributed by atoms with Crippen molar-refractivity contribution in [2.75, 3.05) is 20.3 Å². The van der Waals surface area contributed by atoms with E-state index in [1.165, 1.54) is 17.3 Å². The largest absolute Gasteiger partial charge is 0.497 e. The first-order chi connectivity index (χ1) is 12.3. The van der Waals surface area contributed by atoms with E-state index in [0.717, 1.165) is 22.8 Å². The summed E-state index contributed by atoms with van der Waals surface area (Å²) in [7, 11) is 1.63. The fourth-order valence-electron chi connectivity index (χ4n) is 2.08. The van der Waals surface area contributed by atoms with E-state index < -0.39 is 0 Å². The molecule has 0 radical (unpaired) electrons. The summed E-state index contributed by atoms with van der Waals surface area (Å²) in [6.07, 6.45) is 4.75. The smallest absolute Gasteiger partial charge is 0.141 e. The zero-order chi connectivity index (χ0) is 17.3. The Bertz CT molecular complexity index is 819. The van der Waals surface area contributed by atoms with E-state index in [1.54, 1.807) is 13.3 Å². The van der Waals surface area contributed by atoms with Crippen molar-refractivity contribution >= 4 is 6.21 Å². The highest BCUT2D eigenvalue weighted by molar-refractivity contribution is 5.80. The summed E-state index contributed by atoms with van der Waals surface area (Å²) in [5.74, 6) is 2.26. The van der Waals surface area contributed by atoms with Crippen LogP contribution in [0.25, 0.3) is 0 Å². The van der Waals surface area contributed by atoms with Gasteiger partial charge in [-0.25, -0.2) is 4.68 Å². The molecule has 0 amide bonds. The molecule has 0 aliphatic rings. The van der Waals surface area contributed by atoms with Crippen molar-refractivity contribution in [3.05, 3.63) is 66.7 Å². The first kappa shape index (κ1) is 16.5. The van der Waals surface area contributed by atoms with E-state index in [-0.39, 0.29) is 0 Å². The van der Waals surface area contributed by atoms with Crippen molar-refractivity contribution in [2.24, 2.45) is 5.10 Å². The molecule has 0 N–H and O–H groups in total. The molecule has 0 fully saturated rings. The number of methoxy groups -OCH3 is 1. The van der Waals surface area contributed by atoms with Gasteiger partial charge in [0, 0.05) is 6.07 Å². The minimum absolute atomic E-state index is 0.434. The zero-order valence-corrected chi connectivity index (χ0v) is 13.8. The molecule has 0 saturated heterocycles. The van der Waals surface area contributed by atoms with Crippen LogP contribution in [0.3, 0.4) is 0 Å². The standard InChI is InChI=1S/C18H18N4O3/c1-23-16-5-3-7-18(11-16)25-9-8-24-17-6-2-4-15(10-17)12-21-22-13-19-20-14-22/h2-7,10-14H,8-9H2,1H3/b21-12-. The molecule has 0 spiro atoms. The van der Waals surface area contributed by atoms with Crippen LogP contribution in [0.5, 0.6) is 17.2 Å². The summed E-state index contributed by atoms with van der Waals surface area (Å²) >= 11 is 0. The van der Waals surface area contributed by atoms with E-state index in [4.69, 9.17) is 14.2 Å². The third-order valence-electron chi connectivity index (χ3n) is 3.27. The molecule has 25 heavy (non-hydrogen) atoms. The van der Waals surface area contributed by atoms with Gasteiger partial charge < -0.3 is 14.2 Å². The number of aromatic nitrogens is 3. The molecule has 0 unspecified atom stereocenters. The van der Waals surface area contributed by atoms with Crippen molar-refractivity contribution in [2.45, 2.75) is 0 Å². The van der Waals surface area contributed by atoms with Gasteiger partial charge in [-0.2, -0.15) is 5.10 Å². The van der Waals surface area contributed by atoms with Crippen LogP contribution in [0.15, 0.2) is 66.3 Å². The van der Waals surface area contributed by atoms with Gasteiger partial charge in [0.2, 0.25) is 0 Å². The molecule has 3 aromatic rings. The monoisotopic (exact) mass is 338 g/mol. The molecule has 7 heteroatoms. The van der Waals surface area contributed by atoms with Gasteiger partial charge >= 0.3 is 0 Å². The molecule has 0 atom stereocenters. The Morgan fingerprint density at radius 3 is 2.28 bits per heavy atom. The minimum atomic E-state index is 0.434. The van der Waals surface area contributed by atoms with Crippen LogP contribution in [0.1, 0.15) is 5.56 Å². The summed E-state index contributed by atoms with van der Waals surface area (Å²) in [6.45, 7) is 0.870. The topological polar surface area (TPSA) is 70.8 Å². The van der Waals surface area contributed by atoms with Gasteiger partial charge in [-0.1, -0.05) is 18.2 Å². The first-order valence-electron chi connectivity index (χ1n) is 7.72. The lowest BCUT2D eigenvalue weighted by atomic mass is 10.2. The second kappa shape index (κ2) is 8.49. The Kier molecular flexibility index (Phi) is 5.60. The average Bonchev–Trinajstić information content (AvgIpc) is 3.18. The quantitative estimate of drug-likeness (QED) is 0.466. The van der Waals surface area contributed by atoms with Gasteiger partial charge in [0.15, 0.2) is 0 Å². The lowest BCUT2D eigenvalue weighted by Crippen LogP contribution is -2.09. The molecular formula is C18H18N4O3. The van der Waals surface area contributed by atoms with Crippen LogP contribution in [0.2, 0.25) is 0 Å². The lowest BCUT2D eigenvalue weighted by molar-refractivity contribution is 0.216.